The lowest BCUT2D eigenvalue weighted by atomic mass is 10.3. The van der Waals surface area contributed by atoms with Gasteiger partial charge >= 0.3 is 1.43 Å². The number of rotatable bonds is 1. The van der Waals surface area contributed by atoms with Gasteiger partial charge in [-0.1, -0.05) is 0 Å². The highest BCUT2D eigenvalue weighted by molar-refractivity contribution is 5.91. The summed E-state index contributed by atoms with van der Waals surface area (Å²) in [6.45, 7) is 0. The first kappa shape index (κ1) is 12.8. The zero-order valence-corrected chi connectivity index (χ0v) is 7.06. The van der Waals surface area contributed by atoms with Crippen molar-refractivity contribution in [3.05, 3.63) is 24.3 Å². The molecule has 4 nitrogen and oxygen atoms in total. The highest BCUT2D eigenvalue weighted by atomic mass is 35.5. The third-order valence-electron chi connectivity index (χ3n) is 0.845. The Balaban J connectivity index is -0.000000270. The Morgan fingerprint density at radius 1 is 1.36 bits per heavy atom. The van der Waals surface area contributed by atoms with Crippen molar-refractivity contribution in [2.24, 2.45) is 5.73 Å². The highest BCUT2D eigenvalue weighted by Crippen LogP contribution is 1.87. The van der Waals surface area contributed by atoms with Crippen molar-refractivity contribution in [2.45, 2.75) is 0 Å². The second kappa shape index (κ2) is 5.88. The minimum absolute atomic E-state index is 0. The summed E-state index contributed by atoms with van der Waals surface area (Å²) in [5.41, 5.74) is 5.23. The van der Waals surface area contributed by atoms with Crippen LogP contribution in [0, 0.1) is 0 Å². The maximum Gasteiger partial charge on any atom is 1.00 e. The van der Waals surface area contributed by atoms with Gasteiger partial charge in [-0.25, -0.2) is 9.97 Å². The molecule has 0 saturated carbocycles. The van der Waals surface area contributed by atoms with E-state index in [0.717, 1.165) is 0 Å². The quantitative estimate of drug-likeness (QED) is 0.713. The smallest absolute Gasteiger partial charge is 0.366 e. The van der Waals surface area contributed by atoms with E-state index in [-0.39, 0.29) is 26.2 Å². The lowest BCUT2D eigenvalue weighted by Gasteiger charge is -1.88. The van der Waals surface area contributed by atoms with Gasteiger partial charge in [0.15, 0.2) is 0 Å². The first-order valence-electron chi connectivity index (χ1n) is 2.35. The van der Waals surface area contributed by atoms with Gasteiger partial charge in [0.1, 0.15) is 6.33 Å². The van der Waals surface area contributed by atoms with E-state index in [9.17, 15) is 4.79 Å². The molecule has 0 atom stereocenters. The van der Waals surface area contributed by atoms with Crippen LogP contribution >= 0.6 is 24.8 Å². The maximum absolute atomic E-state index is 10.3. The Kier molecular flexibility index (Phi) is 6.83. The van der Waals surface area contributed by atoms with Crippen LogP contribution in [0.25, 0.3) is 0 Å². The van der Waals surface area contributed by atoms with E-state index in [4.69, 9.17) is 5.73 Å². The molecular formula is C5H8Cl2N3O+. The van der Waals surface area contributed by atoms with Crippen molar-refractivity contribution >= 4 is 30.7 Å². The van der Waals surface area contributed by atoms with Crippen LogP contribution in [-0.2, 0) is 0 Å². The molecule has 0 radical (unpaired) electrons. The summed E-state index contributed by atoms with van der Waals surface area (Å²) in [4.78, 5) is 17.5. The molecule has 1 aromatic rings. The molecule has 0 aliphatic rings. The fourth-order valence-corrected chi connectivity index (χ4v) is 0.426. The molecule has 0 aliphatic heterocycles. The first-order valence-corrected chi connectivity index (χ1v) is 2.35. The Hall–Kier alpha value is -0.870. The summed E-state index contributed by atoms with van der Waals surface area (Å²) in [5, 5.41) is 0. The second-order valence-electron chi connectivity index (χ2n) is 1.49. The molecule has 0 aliphatic carbocycles. The largest absolute Gasteiger partial charge is 1.00 e. The van der Waals surface area contributed by atoms with Crippen molar-refractivity contribution in [1.29, 1.82) is 0 Å². The summed E-state index contributed by atoms with van der Waals surface area (Å²) in [7, 11) is 0. The number of nitrogens with two attached hydrogens (primary N) is 1. The Labute approximate surface area is 77.5 Å². The third-order valence-corrected chi connectivity index (χ3v) is 0.845. The minimum atomic E-state index is -0.504. The molecule has 0 unspecified atom stereocenters. The van der Waals surface area contributed by atoms with E-state index in [1.165, 1.54) is 18.7 Å². The normalized spacial score (nSPS) is 7.27. The molecule has 1 heterocycles. The molecule has 0 fully saturated rings. The zero-order chi connectivity index (χ0) is 6.69. The van der Waals surface area contributed by atoms with Crippen molar-refractivity contribution in [1.82, 2.24) is 9.97 Å². The minimum Gasteiger partial charge on any atom is -0.366 e. The summed E-state index contributed by atoms with van der Waals surface area (Å²) >= 11 is 0. The summed E-state index contributed by atoms with van der Waals surface area (Å²) in [6.07, 6.45) is 4.08. The Morgan fingerprint density at radius 2 is 1.82 bits per heavy atom. The van der Waals surface area contributed by atoms with Crippen LogP contribution in [0.5, 0.6) is 0 Å². The van der Waals surface area contributed by atoms with Crippen molar-refractivity contribution in [3.63, 3.8) is 0 Å². The van der Waals surface area contributed by atoms with E-state index < -0.39 is 5.91 Å². The van der Waals surface area contributed by atoms with Crippen LogP contribution in [0.3, 0.4) is 0 Å². The predicted octanol–water partition coefficient (Wildman–Crippen LogP) is 0.532. The van der Waals surface area contributed by atoms with Gasteiger partial charge in [0.25, 0.3) is 5.91 Å². The number of aromatic nitrogens is 2. The molecule has 1 aromatic heterocycles. The summed E-state index contributed by atoms with van der Waals surface area (Å²) < 4.78 is 0. The number of halogens is 2. The molecular weight excluding hydrogens is 189 g/mol. The van der Waals surface area contributed by atoms with Crippen LogP contribution in [0.4, 0.5) is 0 Å². The van der Waals surface area contributed by atoms with Gasteiger partial charge in [-0.15, -0.1) is 24.8 Å². The van der Waals surface area contributed by atoms with E-state index in [0.29, 0.717) is 5.56 Å². The molecule has 0 bridgehead atoms. The molecule has 11 heavy (non-hydrogen) atoms. The topological polar surface area (TPSA) is 68.9 Å². The van der Waals surface area contributed by atoms with Gasteiger partial charge in [0, 0.05) is 12.4 Å². The molecule has 0 spiro atoms. The van der Waals surface area contributed by atoms with Crippen molar-refractivity contribution in [2.75, 3.05) is 0 Å². The SMILES string of the molecule is Cl.Cl.NC(=O)c1cncnc1.[H+]. The van der Waals surface area contributed by atoms with Crippen molar-refractivity contribution in [3.8, 4) is 0 Å². The fourth-order valence-electron chi connectivity index (χ4n) is 0.426. The molecule has 2 N–H and O–H groups in total. The molecule has 1 rings (SSSR count). The van der Waals surface area contributed by atoms with Gasteiger partial charge in [-0.2, -0.15) is 0 Å². The van der Waals surface area contributed by atoms with E-state index in [1.54, 1.807) is 0 Å². The fraction of sp³-hybridized carbons (Fsp3) is 0. The lowest BCUT2D eigenvalue weighted by Crippen LogP contribution is -2.11. The predicted molar refractivity (Wildman–Crippen MR) is 46.2 cm³/mol. The van der Waals surface area contributed by atoms with Gasteiger partial charge < -0.3 is 5.73 Å². The van der Waals surface area contributed by atoms with E-state index in [2.05, 4.69) is 9.97 Å². The van der Waals surface area contributed by atoms with Crippen LogP contribution in [0.15, 0.2) is 18.7 Å². The van der Waals surface area contributed by atoms with Crippen LogP contribution in [0.1, 0.15) is 11.8 Å². The van der Waals surface area contributed by atoms with Crippen molar-refractivity contribution < 1.29 is 6.22 Å². The van der Waals surface area contributed by atoms with Gasteiger partial charge in [-0.3, -0.25) is 4.79 Å². The zero-order valence-electron chi connectivity index (χ0n) is 6.43. The Morgan fingerprint density at radius 3 is 2.09 bits per heavy atom. The first-order chi connectivity index (χ1) is 4.30. The van der Waals surface area contributed by atoms with Crippen LogP contribution < -0.4 is 5.73 Å². The summed E-state index contributed by atoms with van der Waals surface area (Å²) in [6, 6.07) is 0. The molecule has 0 saturated heterocycles. The number of amides is 1. The average molecular weight is 197 g/mol. The number of carbonyl (C=O) groups excluding carboxylic acids is 1. The van der Waals surface area contributed by atoms with Crippen LogP contribution in [0.2, 0.25) is 0 Å². The monoisotopic (exact) mass is 196 g/mol. The van der Waals surface area contributed by atoms with Gasteiger partial charge in [0.05, 0.1) is 5.56 Å². The highest BCUT2D eigenvalue weighted by Gasteiger charge is 1.96. The average Bonchev–Trinajstić information content (AvgIpc) is 1.90. The number of carbonyl (C=O) groups is 1. The molecule has 6 heteroatoms. The number of primary amides is 1. The molecule has 62 valence electrons. The Bertz CT molecular complexity index is 221. The molecule has 1 amide bonds. The van der Waals surface area contributed by atoms with E-state index in [1.807, 2.05) is 0 Å². The number of hydrogen-bond donors (Lipinski definition) is 1. The van der Waals surface area contributed by atoms with Crippen LogP contribution in [-0.4, -0.2) is 15.9 Å². The third kappa shape index (κ3) is 3.75. The molecule has 0 aromatic carbocycles. The summed E-state index contributed by atoms with van der Waals surface area (Å²) in [5.74, 6) is -0.504. The number of nitrogens with zero attached hydrogens (tertiary/aromatic N) is 2. The standard InChI is InChI=1S/C5H5N3O.2ClH/c6-5(9)4-1-7-3-8-2-4;;/h1-3H,(H2,6,9);2*1H/p+1. The lowest BCUT2D eigenvalue weighted by molar-refractivity contribution is 0.0999. The maximum atomic E-state index is 10.3. The van der Waals surface area contributed by atoms with Gasteiger partial charge in [0.2, 0.25) is 0 Å². The van der Waals surface area contributed by atoms with E-state index >= 15 is 0 Å². The second-order valence-corrected chi connectivity index (χ2v) is 1.49. The number of hydrogen-bond acceptors (Lipinski definition) is 3. The van der Waals surface area contributed by atoms with Gasteiger partial charge in [-0.05, 0) is 0 Å².